The number of nitrogens with zero attached hydrogens (tertiary/aromatic N) is 3. The summed E-state index contributed by atoms with van der Waals surface area (Å²) in [7, 11) is 0. The molecule has 0 spiro atoms. The van der Waals surface area contributed by atoms with Gasteiger partial charge in [-0.3, -0.25) is 5.10 Å². The predicted octanol–water partition coefficient (Wildman–Crippen LogP) is 3.24. The molecule has 9 heteroatoms. The molecule has 3 rings (SSSR count). The zero-order valence-corrected chi connectivity index (χ0v) is 12.8. The molecule has 0 saturated heterocycles. The predicted molar refractivity (Wildman–Crippen MR) is 79.0 cm³/mol. The van der Waals surface area contributed by atoms with Crippen molar-refractivity contribution < 1.29 is 13.2 Å². The molecular weight excluding hydrogens is 309 g/mol. The number of alkyl halides is 3. The van der Waals surface area contributed by atoms with E-state index in [1.165, 1.54) is 0 Å². The van der Waals surface area contributed by atoms with E-state index in [1.807, 2.05) is 13.8 Å². The SMILES string of the molecule is Cc1cc2c(NCc3c(C)n[nH]c3C)nc(C(F)(F)F)nc2[nH]1. The molecule has 0 amide bonds. The van der Waals surface area contributed by atoms with Crippen molar-refractivity contribution in [2.45, 2.75) is 33.5 Å². The molecule has 3 heterocycles. The molecule has 0 radical (unpaired) electrons. The van der Waals surface area contributed by atoms with E-state index in [0.29, 0.717) is 17.6 Å². The molecule has 0 saturated carbocycles. The molecule has 0 aliphatic carbocycles. The summed E-state index contributed by atoms with van der Waals surface area (Å²) in [6, 6.07) is 1.72. The second kappa shape index (κ2) is 5.25. The van der Waals surface area contributed by atoms with Crippen molar-refractivity contribution in [2.75, 3.05) is 5.32 Å². The summed E-state index contributed by atoms with van der Waals surface area (Å²) < 4.78 is 38.9. The Labute approximate surface area is 129 Å². The highest BCUT2D eigenvalue weighted by Crippen LogP contribution is 2.30. The molecule has 6 nitrogen and oxygen atoms in total. The van der Waals surface area contributed by atoms with Crippen molar-refractivity contribution in [1.29, 1.82) is 0 Å². The maximum Gasteiger partial charge on any atom is 0.451 e. The minimum Gasteiger partial charge on any atom is -0.365 e. The Morgan fingerprint density at radius 2 is 1.91 bits per heavy atom. The van der Waals surface area contributed by atoms with Gasteiger partial charge in [-0.15, -0.1) is 0 Å². The number of anilines is 1. The maximum absolute atomic E-state index is 13.0. The van der Waals surface area contributed by atoms with Crippen LogP contribution in [0.1, 0.15) is 28.5 Å². The third-order valence-electron chi connectivity index (χ3n) is 3.59. The molecule has 0 aromatic carbocycles. The van der Waals surface area contributed by atoms with E-state index in [4.69, 9.17) is 0 Å². The molecule has 0 fully saturated rings. The Kier molecular flexibility index (Phi) is 3.50. The molecule has 122 valence electrons. The maximum atomic E-state index is 13.0. The highest BCUT2D eigenvalue weighted by atomic mass is 19.4. The topological polar surface area (TPSA) is 82.3 Å². The van der Waals surface area contributed by atoms with E-state index in [2.05, 4.69) is 30.5 Å². The number of H-pyrrole nitrogens is 2. The standard InChI is InChI=1S/C14H15F3N6/c1-6-4-9-11(18-5-10-7(2)22-23-8(10)3)20-13(14(15,16)17)21-12(9)19-6/h4H,5H2,1-3H3,(H,22,23)(H2,18,19,20,21). The van der Waals surface area contributed by atoms with E-state index in [9.17, 15) is 13.2 Å². The minimum absolute atomic E-state index is 0.145. The Balaban J connectivity index is 2.01. The van der Waals surface area contributed by atoms with E-state index < -0.39 is 12.0 Å². The number of aromatic nitrogens is 5. The summed E-state index contributed by atoms with van der Waals surface area (Å²) in [6.07, 6.45) is -4.61. The van der Waals surface area contributed by atoms with Gasteiger partial charge in [-0.2, -0.15) is 18.3 Å². The largest absolute Gasteiger partial charge is 0.451 e. The first-order valence-corrected chi connectivity index (χ1v) is 6.94. The van der Waals surface area contributed by atoms with Gasteiger partial charge in [-0.1, -0.05) is 0 Å². The fourth-order valence-corrected chi connectivity index (χ4v) is 2.41. The molecule has 3 aromatic rings. The zero-order chi connectivity index (χ0) is 16.8. The zero-order valence-electron chi connectivity index (χ0n) is 12.8. The van der Waals surface area contributed by atoms with Gasteiger partial charge in [0.2, 0.25) is 5.82 Å². The first kappa shape index (κ1) is 15.3. The van der Waals surface area contributed by atoms with Crippen LogP contribution < -0.4 is 5.32 Å². The summed E-state index contributed by atoms with van der Waals surface area (Å²) in [5, 5.41) is 10.4. The van der Waals surface area contributed by atoms with Crippen molar-refractivity contribution in [3.05, 3.63) is 34.5 Å². The van der Waals surface area contributed by atoms with Gasteiger partial charge in [0.1, 0.15) is 11.5 Å². The lowest BCUT2D eigenvalue weighted by Crippen LogP contribution is -2.13. The number of fused-ring (bicyclic) bond motifs is 1. The van der Waals surface area contributed by atoms with Crippen molar-refractivity contribution in [2.24, 2.45) is 0 Å². The Bertz CT molecular complexity index is 842. The van der Waals surface area contributed by atoms with Crippen LogP contribution in [0.4, 0.5) is 19.0 Å². The quantitative estimate of drug-likeness (QED) is 0.691. The van der Waals surface area contributed by atoms with Gasteiger partial charge < -0.3 is 10.3 Å². The van der Waals surface area contributed by atoms with Gasteiger partial charge >= 0.3 is 6.18 Å². The highest BCUT2D eigenvalue weighted by molar-refractivity contribution is 5.87. The fourth-order valence-electron chi connectivity index (χ4n) is 2.41. The van der Waals surface area contributed by atoms with Gasteiger partial charge in [0, 0.05) is 23.5 Å². The first-order chi connectivity index (χ1) is 10.8. The number of hydrogen-bond acceptors (Lipinski definition) is 4. The molecule has 0 atom stereocenters. The monoisotopic (exact) mass is 324 g/mol. The average molecular weight is 324 g/mol. The molecule has 0 unspecified atom stereocenters. The molecular formula is C14H15F3N6. The van der Waals surface area contributed by atoms with Crippen molar-refractivity contribution in [3.8, 4) is 0 Å². The Morgan fingerprint density at radius 3 is 2.52 bits per heavy atom. The second-order valence-electron chi connectivity index (χ2n) is 5.37. The first-order valence-electron chi connectivity index (χ1n) is 6.94. The third-order valence-corrected chi connectivity index (χ3v) is 3.59. The summed E-state index contributed by atoms with van der Waals surface area (Å²) >= 11 is 0. The van der Waals surface area contributed by atoms with Gasteiger partial charge in [-0.25, -0.2) is 9.97 Å². The van der Waals surface area contributed by atoms with E-state index in [0.717, 1.165) is 17.0 Å². The van der Waals surface area contributed by atoms with Crippen molar-refractivity contribution >= 4 is 16.9 Å². The molecule has 0 aliphatic rings. The van der Waals surface area contributed by atoms with E-state index in [1.54, 1.807) is 13.0 Å². The Hall–Kier alpha value is -2.58. The van der Waals surface area contributed by atoms with Crippen LogP contribution in [-0.2, 0) is 12.7 Å². The number of aryl methyl sites for hydroxylation is 3. The third kappa shape index (κ3) is 2.86. The van der Waals surface area contributed by atoms with Crippen molar-refractivity contribution in [3.63, 3.8) is 0 Å². The molecule has 0 aliphatic heterocycles. The molecule has 3 N–H and O–H groups in total. The lowest BCUT2D eigenvalue weighted by atomic mass is 10.2. The number of rotatable bonds is 3. The van der Waals surface area contributed by atoms with Crippen LogP contribution in [0, 0.1) is 20.8 Å². The molecule has 23 heavy (non-hydrogen) atoms. The number of halogens is 3. The summed E-state index contributed by atoms with van der Waals surface area (Å²) in [5.74, 6) is -1.03. The Morgan fingerprint density at radius 1 is 1.17 bits per heavy atom. The van der Waals surface area contributed by atoms with Crippen LogP contribution in [0.5, 0.6) is 0 Å². The minimum atomic E-state index is -4.61. The highest BCUT2D eigenvalue weighted by Gasteiger charge is 2.35. The van der Waals surface area contributed by atoms with E-state index >= 15 is 0 Å². The van der Waals surface area contributed by atoms with E-state index in [-0.39, 0.29) is 11.5 Å². The van der Waals surface area contributed by atoms with Gasteiger partial charge in [0.15, 0.2) is 0 Å². The smallest absolute Gasteiger partial charge is 0.365 e. The van der Waals surface area contributed by atoms with Crippen LogP contribution in [-0.4, -0.2) is 25.1 Å². The molecule has 0 bridgehead atoms. The van der Waals surface area contributed by atoms with Crippen LogP contribution in [0.3, 0.4) is 0 Å². The summed E-state index contributed by atoms with van der Waals surface area (Å²) in [5.41, 5.74) is 3.43. The van der Waals surface area contributed by atoms with Crippen LogP contribution in [0.2, 0.25) is 0 Å². The average Bonchev–Trinajstić information content (AvgIpc) is 2.98. The summed E-state index contributed by atoms with van der Waals surface area (Å²) in [4.78, 5) is 10.0. The van der Waals surface area contributed by atoms with Gasteiger partial charge in [-0.05, 0) is 26.8 Å². The number of aromatic amines is 2. The van der Waals surface area contributed by atoms with Crippen LogP contribution >= 0.6 is 0 Å². The fraction of sp³-hybridized carbons (Fsp3) is 0.357. The van der Waals surface area contributed by atoms with Gasteiger partial charge in [0.25, 0.3) is 0 Å². The van der Waals surface area contributed by atoms with Crippen LogP contribution in [0.15, 0.2) is 6.07 Å². The molecule has 3 aromatic heterocycles. The number of hydrogen-bond donors (Lipinski definition) is 3. The normalized spacial score (nSPS) is 12.1. The lowest BCUT2D eigenvalue weighted by Gasteiger charge is -2.10. The second-order valence-corrected chi connectivity index (χ2v) is 5.37. The summed E-state index contributed by atoms with van der Waals surface area (Å²) in [6.45, 7) is 5.76. The van der Waals surface area contributed by atoms with Crippen LogP contribution in [0.25, 0.3) is 11.0 Å². The van der Waals surface area contributed by atoms with Gasteiger partial charge in [0.05, 0.1) is 11.1 Å². The van der Waals surface area contributed by atoms with Crippen molar-refractivity contribution in [1.82, 2.24) is 25.1 Å². The lowest BCUT2D eigenvalue weighted by molar-refractivity contribution is -0.144. The number of nitrogens with one attached hydrogen (secondary N) is 3.